The van der Waals surface area contributed by atoms with E-state index in [-0.39, 0.29) is 39.6 Å². The van der Waals surface area contributed by atoms with Crippen molar-refractivity contribution in [2.24, 2.45) is 7.05 Å². The fourth-order valence-corrected chi connectivity index (χ4v) is 4.88. The minimum atomic E-state index is -4.87. The standard InChI is InChI=1S/C23H16F6N6O3S/c1-3-39(36,37)21-17(19-32-16-10-13(22(24,25)26)11-30-18(16)34(19)2)20-31-15(8-9-35(20)33-21)12-4-6-14(7-5-12)38-23(27,28)29/h4-11H,3H2,1-2H3. The summed E-state index contributed by atoms with van der Waals surface area (Å²) in [6.07, 6.45) is -7.49. The third-order valence-electron chi connectivity index (χ3n) is 5.77. The van der Waals surface area contributed by atoms with Crippen molar-refractivity contribution in [2.45, 2.75) is 24.5 Å². The first-order valence-electron chi connectivity index (χ1n) is 11.1. The molecule has 0 saturated carbocycles. The van der Waals surface area contributed by atoms with E-state index in [0.717, 1.165) is 18.2 Å². The van der Waals surface area contributed by atoms with Crippen LogP contribution < -0.4 is 4.74 Å². The summed E-state index contributed by atoms with van der Waals surface area (Å²) < 4.78 is 110. The summed E-state index contributed by atoms with van der Waals surface area (Å²) in [6, 6.07) is 7.12. The maximum Gasteiger partial charge on any atom is 0.573 e. The van der Waals surface area contributed by atoms with Crippen molar-refractivity contribution in [3.8, 4) is 28.4 Å². The van der Waals surface area contributed by atoms with Crippen LogP contribution in [-0.2, 0) is 23.1 Å². The summed E-state index contributed by atoms with van der Waals surface area (Å²) in [6.45, 7) is 1.40. The van der Waals surface area contributed by atoms with Crippen LogP contribution in [0.15, 0.2) is 53.8 Å². The van der Waals surface area contributed by atoms with E-state index in [9.17, 15) is 34.8 Å². The lowest BCUT2D eigenvalue weighted by molar-refractivity contribution is -0.274. The number of imidazole rings is 1. The molecule has 0 saturated heterocycles. The van der Waals surface area contributed by atoms with Gasteiger partial charge >= 0.3 is 12.5 Å². The Morgan fingerprint density at radius 2 is 1.67 bits per heavy atom. The van der Waals surface area contributed by atoms with Crippen molar-refractivity contribution in [3.05, 3.63) is 54.4 Å². The highest BCUT2D eigenvalue weighted by atomic mass is 32.2. The number of hydrogen-bond acceptors (Lipinski definition) is 7. The highest BCUT2D eigenvalue weighted by Gasteiger charge is 2.33. The largest absolute Gasteiger partial charge is 0.573 e. The molecule has 4 heterocycles. The predicted molar refractivity (Wildman–Crippen MR) is 125 cm³/mol. The van der Waals surface area contributed by atoms with Gasteiger partial charge in [0.15, 0.2) is 26.2 Å². The first-order valence-corrected chi connectivity index (χ1v) is 12.7. The van der Waals surface area contributed by atoms with Gasteiger partial charge in [0.25, 0.3) is 0 Å². The van der Waals surface area contributed by atoms with Crippen LogP contribution in [0.4, 0.5) is 26.3 Å². The number of hydrogen-bond donors (Lipinski definition) is 0. The van der Waals surface area contributed by atoms with Crippen molar-refractivity contribution in [1.82, 2.24) is 29.1 Å². The first kappa shape index (κ1) is 26.4. The number of fused-ring (bicyclic) bond motifs is 2. The molecule has 0 atom stereocenters. The molecule has 39 heavy (non-hydrogen) atoms. The first-order chi connectivity index (χ1) is 18.2. The van der Waals surface area contributed by atoms with Gasteiger partial charge in [-0.3, -0.25) is 0 Å². The fourth-order valence-electron chi connectivity index (χ4n) is 3.90. The number of nitrogens with zero attached hydrogens (tertiary/aromatic N) is 6. The van der Waals surface area contributed by atoms with Crippen LogP contribution in [-0.4, -0.2) is 49.7 Å². The van der Waals surface area contributed by atoms with Crippen LogP contribution in [0, 0.1) is 0 Å². The van der Waals surface area contributed by atoms with Gasteiger partial charge < -0.3 is 9.30 Å². The van der Waals surface area contributed by atoms with Gasteiger partial charge in [-0.1, -0.05) is 6.92 Å². The molecule has 0 bridgehead atoms. The average Bonchev–Trinajstić information content (AvgIpc) is 3.40. The van der Waals surface area contributed by atoms with Crippen LogP contribution in [0.25, 0.3) is 39.5 Å². The van der Waals surface area contributed by atoms with Gasteiger partial charge in [0.2, 0.25) is 0 Å². The number of sulfone groups is 1. The number of aromatic nitrogens is 6. The van der Waals surface area contributed by atoms with E-state index < -0.39 is 38.7 Å². The third kappa shape index (κ3) is 4.86. The summed E-state index contributed by atoms with van der Waals surface area (Å²) in [5.74, 6) is -0.825. The second-order valence-corrected chi connectivity index (χ2v) is 10.5. The predicted octanol–water partition coefficient (Wildman–Crippen LogP) is 5.06. The Bertz CT molecular complexity index is 1830. The van der Waals surface area contributed by atoms with Crippen molar-refractivity contribution in [1.29, 1.82) is 0 Å². The normalized spacial score (nSPS) is 12.9. The molecule has 0 fully saturated rings. The second-order valence-electron chi connectivity index (χ2n) is 8.30. The van der Waals surface area contributed by atoms with E-state index in [4.69, 9.17) is 0 Å². The summed E-state index contributed by atoms with van der Waals surface area (Å²) >= 11 is 0. The Balaban J connectivity index is 1.71. The molecule has 0 aliphatic heterocycles. The van der Waals surface area contributed by atoms with Gasteiger partial charge in [0, 0.05) is 25.0 Å². The van der Waals surface area contributed by atoms with Crippen LogP contribution in [0.3, 0.4) is 0 Å². The molecule has 0 radical (unpaired) electrons. The van der Waals surface area contributed by atoms with E-state index in [1.807, 2.05) is 0 Å². The molecule has 5 rings (SSSR count). The monoisotopic (exact) mass is 570 g/mol. The van der Waals surface area contributed by atoms with Crippen molar-refractivity contribution in [3.63, 3.8) is 0 Å². The molecule has 204 valence electrons. The molecule has 4 aromatic heterocycles. The summed E-state index contributed by atoms with van der Waals surface area (Å²) in [5, 5.41) is 3.77. The van der Waals surface area contributed by atoms with Crippen molar-refractivity contribution < 1.29 is 39.5 Å². The molecule has 16 heteroatoms. The van der Waals surface area contributed by atoms with E-state index in [2.05, 4.69) is 24.8 Å². The number of aryl methyl sites for hydroxylation is 1. The quantitative estimate of drug-likeness (QED) is 0.272. The van der Waals surface area contributed by atoms with Gasteiger partial charge in [0.1, 0.15) is 22.7 Å². The molecular formula is C23H16F6N6O3S. The minimum Gasteiger partial charge on any atom is -0.406 e. The van der Waals surface area contributed by atoms with Crippen LogP contribution in [0.5, 0.6) is 5.75 Å². The van der Waals surface area contributed by atoms with Gasteiger partial charge in [-0.2, -0.15) is 18.3 Å². The van der Waals surface area contributed by atoms with Crippen molar-refractivity contribution in [2.75, 3.05) is 5.75 Å². The van der Waals surface area contributed by atoms with E-state index in [1.54, 1.807) is 0 Å². The molecule has 0 unspecified atom stereocenters. The molecule has 0 spiro atoms. The number of benzene rings is 1. The molecule has 0 aliphatic carbocycles. The third-order valence-corrected chi connectivity index (χ3v) is 7.41. The number of ether oxygens (including phenoxy) is 1. The molecule has 0 amide bonds. The zero-order chi connectivity index (χ0) is 28.3. The van der Waals surface area contributed by atoms with Gasteiger partial charge in [0.05, 0.1) is 17.0 Å². The Morgan fingerprint density at radius 1 is 0.974 bits per heavy atom. The molecule has 0 aliphatic rings. The Hall–Kier alpha value is -4.21. The molecule has 1 aromatic carbocycles. The van der Waals surface area contributed by atoms with Crippen LogP contribution in [0.2, 0.25) is 0 Å². The number of halogens is 6. The second kappa shape index (κ2) is 8.93. The van der Waals surface area contributed by atoms with Gasteiger partial charge in [-0.05, 0) is 36.4 Å². The summed E-state index contributed by atoms with van der Waals surface area (Å²) in [7, 11) is -2.52. The lowest BCUT2D eigenvalue weighted by Crippen LogP contribution is -2.16. The highest BCUT2D eigenvalue weighted by Crippen LogP contribution is 2.35. The number of alkyl halides is 6. The topological polar surface area (TPSA) is 104 Å². The van der Waals surface area contributed by atoms with E-state index in [0.29, 0.717) is 11.8 Å². The molecule has 0 N–H and O–H groups in total. The Kier molecular flexibility index (Phi) is 6.04. The van der Waals surface area contributed by atoms with E-state index in [1.165, 1.54) is 47.4 Å². The summed E-state index contributed by atoms with van der Waals surface area (Å²) in [5.41, 5.74) is -0.528. The molecule has 9 nitrogen and oxygen atoms in total. The summed E-state index contributed by atoms with van der Waals surface area (Å²) in [4.78, 5) is 12.6. The maximum absolute atomic E-state index is 13.2. The van der Waals surface area contributed by atoms with Crippen LogP contribution >= 0.6 is 0 Å². The van der Waals surface area contributed by atoms with E-state index >= 15 is 0 Å². The average molecular weight is 570 g/mol. The Labute approximate surface area is 215 Å². The molecule has 5 aromatic rings. The number of pyridine rings is 1. The zero-order valence-corrected chi connectivity index (χ0v) is 20.7. The van der Waals surface area contributed by atoms with Crippen molar-refractivity contribution >= 4 is 26.6 Å². The highest BCUT2D eigenvalue weighted by molar-refractivity contribution is 7.91. The SMILES string of the molecule is CCS(=O)(=O)c1nn2ccc(-c3ccc(OC(F)(F)F)cc3)nc2c1-c1nc2cc(C(F)(F)F)cnc2n1C. The number of rotatable bonds is 5. The fraction of sp³-hybridized carbons (Fsp3) is 0.217. The molecular weight excluding hydrogens is 554 g/mol. The smallest absolute Gasteiger partial charge is 0.406 e. The van der Waals surface area contributed by atoms with Gasteiger partial charge in [-0.15, -0.1) is 13.2 Å². The van der Waals surface area contributed by atoms with Gasteiger partial charge in [-0.25, -0.2) is 27.9 Å². The lowest BCUT2D eigenvalue weighted by atomic mass is 10.1. The van der Waals surface area contributed by atoms with Crippen LogP contribution in [0.1, 0.15) is 12.5 Å². The minimum absolute atomic E-state index is 0.00425. The Morgan fingerprint density at radius 3 is 2.28 bits per heavy atom. The zero-order valence-electron chi connectivity index (χ0n) is 19.9. The maximum atomic E-state index is 13.2. The lowest BCUT2D eigenvalue weighted by Gasteiger charge is -2.09.